The molecule has 0 bridgehead atoms. The van der Waals surface area contributed by atoms with Crippen LogP contribution in [0.4, 0.5) is 5.69 Å². The van der Waals surface area contributed by atoms with Crippen LogP contribution < -0.4 is 5.32 Å². The highest BCUT2D eigenvalue weighted by Crippen LogP contribution is 2.11. The lowest BCUT2D eigenvalue weighted by Gasteiger charge is -2.17. The van der Waals surface area contributed by atoms with Gasteiger partial charge in [-0.1, -0.05) is 26.0 Å². The summed E-state index contributed by atoms with van der Waals surface area (Å²) in [6.07, 6.45) is 0.899. The van der Waals surface area contributed by atoms with Gasteiger partial charge in [-0.2, -0.15) is 0 Å². The molecule has 0 aliphatic carbocycles. The van der Waals surface area contributed by atoms with Crippen molar-refractivity contribution in [1.29, 1.82) is 0 Å². The number of rotatable bonds is 9. The Labute approximate surface area is 114 Å². The van der Waals surface area contributed by atoms with E-state index in [2.05, 4.69) is 24.1 Å². The highest BCUT2D eigenvalue weighted by molar-refractivity contribution is 5.32. The lowest BCUT2D eigenvalue weighted by atomic mass is 10.1. The van der Waals surface area contributed by atoms with Crippen LogP contribution in [-0.4, -0.2) is 42.5 Å². The molecule has 0 spiro atoms. The molecular weight excluding hydrogens is 242 g/mol. The average Bonchev–Trinajstić information content (AvgIpc) is 2.43. The highest BCUT2D eigenvalue weighted by Gasteiger charge is 2.03. The number of non-ortho nitro benzene ring substituents is 1. The molecule has 0 amide bonds. The first-order valence-electron chi connectivity index (χ1n) is 6.83. The number of hydrogen-bond donors (Lipinski definition) is 1. The third kappa shape index (κ3) is 5.81. The number of nitrogens with one attached hydrogen (secondary N) is 1. The van der Waals surface area contributed by atoms with E-state index in [0.717, 1.165) is 44.7 Å². The maximum absolute atomic E-state index is 10.5. The van der Waals surface area contributed by atoms with Crippen molar-refractivity contribution in [2.45, 2.75) is 20.3 Å². The minimum Gasteiger partial charge on any atom is -0.315 e. The smallest absolute Gasteiger partial charge is 0.269 e. The quantitative estimate of drug-likeness (QED) is 0.422. The SMILES string of the molecule is CCN(CC)CCNCCc1ccc([N+](=O)[O-])cc1. The molecule has 0 atom stereocenters. The maximum atomic E-state index is 10.5. The van der Waals surface area contributed by atoms with E-state index >= 15 is 0 Å². The van der Waals surface area contributed by atoms with Crippen LogP contribution in [0.25, 0.3) is 0 Å². The van der Waals surface area contributed by atoms with Gasteiger partial charge in [0.1, 0.15) is 0 Å². The molecule has 0 unspecified atom stereocenters. The number of nitro groups is 1. The molecule has 1 N–H and O–H groups in total. The predicted molar refractivity (Wildman–Crippen MR) is 77.5 cm³/mol. The van der Waals surface area contributed by atoms with Crippen LogP contribution >= 0.6 is 0 Å². The first-order valence-corrected chi connectivity index (χ1v) is 6.83. The molecule has 0 aliphatic rings. The van der Waals surface area contributed by atoms with Gasteiger partial charge < -0.3 is 10.2 Å². The highest BCUT2D eigenvalue weighted by atomic mass is 16.6. The molecule has 1 aromatic rings. The average molecular weight is 265 g/mol. The molecule has 5 heteroatoms. The topological polar surface area (TPSA) is 58.4 Å². The van der Waals surface area contributed by atoms with E-state index in [4.69, 9.17) is 0 Å². The first kappa shape index (κ1) is 15.6. The van der Waals surface area contributed by atoms with E-state index in [1.807, 2.05) is 12.1 Å². The minimum absolute atomic E-state index is 0.151. The summed E-state index contributed by atoms with van der Waals surface area (Å²) in [5.74, 6) is 0. The van der Waals surface area contributed by atoms with Crippen molar-refractivity contribution in [3.63, 3.8) is 0 Å². The molecule has 0 radical (unpaired) electrons. The van der Waals surface area contributed by atoms with E-state index in [1.165, 1.54) is 0 Å². The largest absolute Gasteiger partial charge is 0.315 e. The summed E-state index contributed by atoms with van der Waals surface area (Å²) in [6, 6.07) is 6.77. The van der Waals surface area contributed by atoms with Crippen molar-refractivity contribution in [2.24, 2.45) is 0 Å². The van der Waals surface area contributed by atoms with Crippen molar-refractivity contribution < 1.29 is 4.92 Å². The Morgan fingerprint density at radius 3 is 2.32 bits per heavy atom. The zero-order chi connectivity index (χ0) is 14.1. The summed E-state index contributed by atoms with van der Waals surface area (Å²) < 4.78 is 0. The van der Waals surface area contributed by atoms with Gasteiger partial charge in [0, 0.05) is 25.2 Å². The molecule has 19 heavy (non-hydrogen) atoms. The number of benzene rings is 1. The number of hydrogen-bond acceptors (Lipinski definition) is 4. The van der Waals surface area contributed by atoms with Gasteiger partial charge in [-0.15, -0.1) is 0 Å². The van der Waals surface area contributed by atoms with Gasteiger partial charge >= 0.3 is 0 Å². The van der Waals surface area contributed by atoms with Gasteiger partial charge in [-0.25, -0.2) is 0 Å². The lowest BCUT2D eigenvalue weighted by Crippen LogP contribution is -2.32. The van der Waals surface area contributed by atoms with Crippen LogP contribution in [0.3, 0.4) is 0 Å². The molecule has 0 aromatic heterocycles. The predicted octanol–water partition coefficient (Wildman–Crippen LogP) is 2.07. The van der Waals surface area contributed by atoms with Crippen LogP contribution in [0.15, 0.2) is 24.3 Å². The van der Waals surface area contributed by atoms with E-state index < -0.39 is 0 Å². The van der Waals surface area contributed by atoms with Crippen molar-refractivity contribution in [1.82, 2.24) is 10.2 Å². The van der Waals surface area contributed by atoms with Crippen LogP contribution in [-0.2, 0) is 6.42 Å². The van der Waals surface area contributed by atoms with Crippen LogP contribution in [0, 0.1) is 10.1 Å². The van der Waals surface area contributed by atoms with Crippen LogP contribution in [0.5, 0.6) is 0 Å². The van der Waals surface area contributed by atoms with Crippen molar-refractivity contribution >= 4 is 5.69 Å². The number of nitro benzene ring substituents is 1. The zero-order valence-corrected chi connectivity index (χ0v) is 11.8. The van der Waals surface area contributed by atoms with Crippen molar-refractivity contribution in [3.8, 4) is 0 Å². The number of likely N-dealkylation sites (N-methyl/N-ethyl adjacent to an activating group) is 1. The Kier molecular flexibility index (Phi) is 7.07. The summed E-state index contributed by atoms with van der Waals surface area (Å²) in [7, 11) is 0. The molecule has 1 aromatic carbocycles. The molecular formula is C14H23N3O2. The van der Waals surface area contributed by atoms with Crippen molar-refractivity contribution in [3.05, 3.63) is 39.9 Å². The summed E-state index contributed by atoms with van der Waals surface area (Å²) in [4.78, 5) is 12.5. The molecule has 1 rings (SSSR count). The fraction of sp³-hybridized carbons (Fsp3) is 0.571. The lowest BCUT2D eigenvalue weighted by molar-refractivity contribution is -0.384. The molecule has 0 heterocycles. The Morgan fingerprint density at radius 2 is 1.79 bits per heavy atom. The minimum atomic E-state index is -0.369. The second-order valence-electron chi connectivity index (χ2n) is 4.45. The van der Waals surface area contributed by atoms with Gasteiger partial charge in [0.15, 0.2) is 0 Å². The first-order chi connectivity index (χ1) is 9.17. The molecule has 106 valence electrons. The fourth-order valence-electron chi connectivity index (χ4n) is 1.92. The molecule has 0 fully saturated rings. The van der Waals surface area contributed by atoms with Crippen LogP contribution in [0.2, 0.25) is 0 Å². The van der Waals surface area contributed by atoms with Gasteiger partial charge in [-0.05, 0) is 31.6 Å². The standard InChI is InChI=1S/C14H23N3O2/c1-3-16(4-2)12-11-15-10-9-13-5-7-14(8-6-13)17(18)19/h5-8,15H,3-4,9-12H2,1-2H3. The van der Waals surface area contributed by atoms with E-state index in [1.54, 1.807) is 12.1 Å². The van der Waals surface area contributed by atoms with Gasteiger partial charge in [-0.3, -0.25) is 10.1 Å². The zero-order valence-electron chi connectivity index (χ0n) is 11.8. The monoisotopic (exact) mass is 265 g/mol. The Bertz CT molecular complexity index is 375. The normalized spacial score (nSPS) is 10.9. The van der Waals surface area contributed by atoms with E-state index in [0.29, 0.717) is 0 Å². The molecule has 0 saturated carbocycles. The summed E-state index contributed by atoms with van der Waals surface area (Å²) in [5, 5.41) is 13.9. The van der Waals surface area contributed by atoms with Crippen molar-refractivity contribution in [2.75, 3.05) is 32.7 Å². The molecule has 0 saturated heterocycles. The fourth-order valence-corrected chi connectivity index (χ4v) is 1.92. The Balaban J connectivity index is 2.20. The second kappa shape index (κ2) is 8.61. The van der Waals surface area contributed by atoms with Gasteiger partial charge in [0.2, 0.25) is 0 Å². The second-order valence-corrected chi connectivity index (χ2v) is 4.45. The number of nitrogens with zero attached hydrogens (tertiary/aromatic N) is 2. The third-order valence-electron chi connectivity index (χ3n) is 3.24. The van der Waals surface area contributed by atoms with E-state index in [-0.39, 0.29) is 10.6 Å². The van der Waals surface area contributed by atoms with Gasteiger partial charge in [0.05, 0.1) is 4.92 Å². The Morgan fingerprint density at radius 1 is 1.16 bits per heavy atom. The summed E-state index contributed by atoms with van der Waals surface area (Å²) >= 11 is 0. The third-order valence-corrected chi connectivity index (χ3v) is 3.24. The summed E-state index contributed by atoms with van der Waals surface area (Å²) in [6.45, 7) is 9.45. The maximum Gasteiger partial charge on any atom is 0.269 e. The molecule has 0 aliphatic heterocycles. The van der Waals surface area contributed by atoms with Gasteiger partial charge in [0.25, 0.3) is 5.69 Å². The van der Waals surface area contributed by atoms with Crippen LogP contribution in [0.1, 0.15) is 19.4 Å². The summed E-state index contributed by atoms with van der Waals surface area (Å²) in [5.41, 5.74) is 1.28. The molecule has 5 nitrogen and oxygen atoms in total. The Hall–Kier alpha value is -1.46. The van der Waals surface area contributed by atoms with E-state index in [9.17, 15) is 10.1 Å².